The van der Waals surface area contributed by atoms with Crippen LogP contribution in [0.5, 0.6) is 0 Å². The number of rotatable bonds is 14. The predicted molar refractivity (Wildman–Crippen MR) is 525 cm³/mol. The van der Waals surface area contributed by atoms with E-state index in [9.17, 15) is 93.8 Å². The standard InChI is InChI=1S/C14H9FN4O3S.C13H18FN3O2.C13H16FN3O2.C10H14BFO2S.C10H9F4N3O.C9H19BO3.C9H6FN3O2S.C5H4ClN3O2.C4H8O2.C4H4S/c15-13-4-3-12(23-13)9-1-2-11(19(21)22)10(17-9)7-14(20)18-6-5-16-8-18;2*1-13(2,3)19-12(18)17-5-4-9(8-17)11-15-6-10(14)7-16-11;1-9(2)10(3,4)14-11(13-9)7-5-6-8(12)15-7;11-7-3-15-8(16-4-7)6-1-2-17(5-6)9(18)10(12,13)14;1-7(2)11-10-12-8(3,4)9(5,6)13-10;10-8-4-3-7(16-8)5-1-2-6(13(14)15)9(11)12-5;6-4-2-1-3(9(10)11)5(7)8-4;1-3-6-4(2)5;1-2-4-5-3-1/h1-6,8H,7H2;6-7,9H,4-5,8H2,1-3H3;4,6-7H,5,8H2,1-3H3;5-6H,1-4H3;3-4,6H,1-2,5H2;7H,1-6H3;1-4H,(H2,11,12);1-2H,(H2,7,8);3H2,1-2H3;1-4H. The summed E-state index contributed by atoms with van der Waals surface area (Å²) in [5.41, 5.74) is 9.18. The van der Waals surface area contributed by atoms with E-state index < -0.39 is 75.9 Å². The fourth-order valence-electron chi connectivity index (χ4n) is 12.3. The molecule has 5 aliphatic heterocycles. The SMILES string of the molecule is CC(C)(C)OC(=O)N1CC=C(c2ncc(F)cn2)C1.CC(C)(C)OC(=O)N1CCC(c2ncc(F)cn2)C1.CC(C)OB1OC(C)(C)C(C)(C)O1.CC1(C)OB(c2ccc(F)s2)OC1(C)C.CCOC(C)=O.Nc1nc(-c2ccc(F)s2)ccc1[N+](=O)[O-].Nc1nc(Cl)ccc1[N+](=O)[O-].O=C(Cc1nc(-c2ccc(F)s2)ccc1[N+](=O)[O-])n1ccnc1.O=C(N1CCC(c2ncc(F)cn2)C1)C(F)(F)F.c1ccsc1. The molecule has 54 heteroatoms. The van der Waals surface area contributed by atoms with Crippen molar-refractivity contribution < 1.29 is 116 Å². The largest absolute Gasteiger partial charge is 0.640 e. The molecule has 145 heavy (non-hydrogen) atoms. The minimum atomic E-state index is -4.86. The van der Waals surface area contributed by atoms with Crippen LogP contribution in [0.1, 0.15) is 177 Å². The van der Waals surface area contributed by atoms with Crippen molar-refractivity contribution in [1.82, 2.24) is 69.1 Å². The van der Waals surface area contributed by atoms with E-state index in [1.807, 2.05) is 140 Å². The fraction of sp³-hybridized carbons (Fsp3) is 0.418. The minimum absolute atomic E-state index is 0.00372. The van der Waals surface area contributed by atoms with Crippen LogP contribution in [0.3, 0.4) is 0 Å². The van der Waals surface area contributed by atoms with Crippen LogP contribution in [0.4, 0.5) is 77.8 Å². The molecule has 16 heterocycles. The quantitative estimate of drug-likeness (QED) is 0.0194. The molecule has 4 N–H and O–H groups in total. The Bertz CT molecular complexity index is 6080. The highest BCUT2D eigenvalue weighted by Crippen LogP contribution is 2.40. The Morgan fingerprint density at radius 1 is 0.579 bits per heavy atom. The molecular weight excluding hydrogens is 2020 g/mol. The molecule has 38 nitrogen and oxygen atoms in total. The van der Waals surface area contributed by atoms with Gasteiger partial charge in [-0.3, -0.25) is 49.3 Å². The lowest BCUT2D eigenvalue weighted by molar-refractivity contribution is -0.385. The van der Waals surface area contributed by atoms with Gasteiger partial charge in [-0.2, -0.15) is 37.7 Å². The number of thiophene rings is 4. The Balaban J connectivity index is 0.000000223. The van der Waals surface area contributed by atoms with Crippen molar-refractivity contribution in [2.45, 2.75) is 202 Å². The van der Waals surface area contributed by atoms with Crippen molar-refractivity contribution in [3.05, 3.63) is 249 Å². The van der Waals surface area contributed by atoms with Crippen LogP contribution in [0.2, 0.25) is 5.15 Å². The molecule has 0 aromatic carbocycles. The Kier molecular flexibility index (Phi) is 43.6. The predicted octanol–water partition coefficient (Wildman–Crippen LogP) is 19.2. The molecule has 0 bridgehead atoms. The summed E-state index contributed by atoms with van der Waals surface area (Å²) in [7, 11) is -0.963. The van der Waals surface area contributed by atoms with Crippen LogP contribution in [-0.2, 0) is 53.5 Å². The monoisotopic (exact) mass is 2130 g/mol. The molecule has 4 fully saturated rings. The maximum absolute atomic E-state index is 13.1. The number of anilines is 2. The molecule has 0 aliphatic carbocycles. The number of esters is 1. The van der Waals surface area contributed by atoms with Crippen molar-refractivity contribution in [3.8, 4) is 21.1 Å². The van der Waals surface area contributed by atoms with E-state index in [1.165, 1.54) is 90.9 Å². The second-order valence-electron chi connectivity index (χ2n) is 35.5. The first kappa shape index (κ1) is 119. The first-order valence-corrected chi connectivity index (χ1v) is 47.7. The summed E-state index contributed by atoms with van der Waals surface area (Å²) in [5, 5.41) is 35.1. The van der Waals surface area contributed by atoms with Crippen molar-refractivity contribution in [2.75, 3.05) is 57.3 Å². The molecule has 11 aromatic rings. The number of hydrogen-bond acceptors (Lipinski definition) is 35. The number of nitrogens with zero attached hydrogens (tertiary/aromatic N) is 17. The number of aromatic nitrogens is 11. The van der Waals surface area contributed by atoms with Crippen LogP contribution in [0.15, 0.2) is 158 Å². The van der Waals surface area contributed by atoms with Gasteiger partial charge in [0, 0.05) is 98.5 Å². The third-order valence-electron chi connectivity index (χ3n) is 20.6. The smallest absolute Gasteiger partial charge is 0.466 e. The van der Waals surface area contributed by atoms with Crippen LogP contribution in [-0.4, -0.2) is 220 Å². The van der Waals surface area contributed by atoms with Gasteiger partial charge in [-0.1, -0.05) is 29.8 Å². The van der Waals surface area contributed by atoms with Crippen LogP contribution < -0.4 is 16.2 Å². The van der Waals surface area contributed by atoms with E-state index in [2.05, 4.69) is 54.6 Å². The summed E-state index contributed by atoms with van der Waals surface area (Å²) < 4.78 is 159. The number of nitrogen functional groups attached to an aromatic ring is 2. The maximum atomic E-state index is 13.1. The third-order valence-corrected chi connectivity index (χ3v) is 24.1. The number of likely N-dealkylation sites (tertiary alicyclic amines) is 2. The maximum Gasteiger partial charge on any atom is 0.640 e. The highest BCUT2D eigenvalue weighted by Gasteiger charge is 2.54. The summed E-state index contributed by atoms with van der Waals surface area (Å²) in [6.45, 7) is 36.4. The Hall–Kier alpha value is -13.0. The average molecular weight is 2130 g/mol. The van der Waals surface area contributed by atoms with Crippen LogP contribution in [0, 0.1) is 63.2 Å². The summed E-state index contributed by atoms with van der Waals surface area (Å²) in [4.78, 5) is 130. The number of alkyl halides is 3. The van der Waals surface area contributed by atoms with Crippen molar-refractivity contribution in [2.24, 2.45) is 0 Å². The summed E-state index contributed by atoms with van der Waals surface area (Å²) >= 11 is 9.98. The van der Waals surface area contributed by atoms with Crippen molar-refractivity contribution >= 4 is 140 Å². The molecule has 4 saturated heterocycles. The molecule has 3 amide bonds. The van der Waals surface area contributed by atoms with Gasteiger partial charge < -0.3 is 63.6 Å². The van der Waals surface area contributed by atoms with Gasteiger partial charge in [0.2, 0.25) is 17.5 Å². The van der Waals surface area contributed by atoms with E-state index >= 15 is 0 Å². The summed E-state index contributed by atoms with van der Waals surface area (Å²) in [6, 6.07) is 20.8. The van der Waals surface area contributed by atoms with Gasteiger partial charge in [-0.15, -0.1) is 34.0 Å². The molecule has 2 unspecified atom stereocenters. The number of pyridine rings is 3. The lowest BCUT2D eigenvalue weighted by Crippen LogP contribution is -2.41. The van der Waals surface area contributed by atoms with Gasteiger partial charge in [-0.25, -0.2) is 72.6 Å². The van der Waals surface area contributed by atoms with Gasteiger partial charge in [0.05, 0.1) is 115 Å². The van der Waals surface area contributed by atoms with Crippen molar-refractivity contribution in [1.29, 1.82) is 0 Å². The van der Waals surface area contributed by atoms with Gasteiger partial charge in [-0.05, 0) is 196 Å². The van der Waals surface area contributed by atoms with Crippen LogP contribution in [0.25, 0.3) is 26.7 Å². The highest BCUT2D eigenvalue weighted by atomic mass is 35.5. The zero-order valence-corrected chi connectivity index (χ0v) is 85.9. The van der Waals surface area contributed by atoms with E-state index in [0.717, 1.165) is 92.9 Å². The minimum Gasteiger partial charge on any atom is -0.466 e. The van der Waals surface area contributed by atoms with Gasteiger partial charge in [0.25, 0.3) is 5.69 Å². The molecule has 5 aliphatic rings. The van der Waals surface area contributed by atoms with E-state index in [0.29, 0.717) is 72.0 Å². The lowest BCUT2D eigenvalue weighted by atomic mass is 9.88. The molecule has 0 spiro atoms. The Morgan fingerprint density at radius 2 is 1.01 bits per heavy atom. The Labute approximate surface area is 849 Å². The number of hydrogen-bond donors (Lipinski definition) is 2. The Morgan fingerprint density at radius 3 is 1.41 bits per heavy atom. The third kappa shape index (κ3) is 38.2. The highest BCUT2D eigenvalue weighted by molar-refractivity contribution is 7.21. The number of halogens is 10. The number of imidazole rings is 1. The molecule has 11 aromatic heterocycles. The number of nitrogens with two attached hydrogens (primary N) is 2. The van der Waals surface area contributed by atoms with E-state index in [-0.39, 0.29) is 139 Å². The van der Waals surface area contributed by atoms with Gasteiger partial charge >= 0.3 is 56.1 Å². The average Bonchev–Trinajstić information content (AvgIpc) is 1.62. The van der Waals surface area contributed by atoms with Crippen LogP contribution >= 0.6 is 56.9 Å². The van der Waals surface area contributed by atoms with E-state index in [1.54, 1.807) is 40.2 Å². The summed E-state index contributed by atoms with van der Waals surface area (Å²) in [5.74, 6) is -3.40. The second kappa shape index (κ2) is 53.2. The number of carbonyl (C=O) groups is 5. The zero-order valence-electron chi connectivity index (χ0n) is 81.9. The number of amides is 3. The first-order chi connectivity index (χ1) is 67.6. The molecule has 2 atom stereocenters. The normalized spacial score (nSPS) is 16.0. The molecule has 16 rings (SSSR count). The number of nitro groups is 3. The topological polar surface area (TPSA) is 484 Å². The molecule has 0 saturated carbocycles. The van der Waals surface area contributed by atoms with Gasteiger partial charge in [0.15, 0.2) is 38.7 Å². The zero-order chi connectivity index (χ0) is 108. The first-order valence-electron chi connectivity index (χ1n) is 43.9. The lowest BCUT2D eigenvalue weighted by Gasteiger charge is -2.32. The fourth-order valence-corrected chi connectivity index (χ4v) is 15.0. The van der Waals surface area contributed by atoms with Gasteiger partial charge in [0.1, 0.15) is 40.0 Å². The van der Waals surface area contributed by atoms with E-state index in [4.69, 9.17) is 55.8 Å². The molecule has 0 radical (unpaired) electrons. The molecular formula is C91H107B2ClF9N19O19S4. The van der Waals surface area contributed by atoms with Crippen molar-refractivity contribution in [3.63, 3.8) is 0 Å². The second-order valence-corrected chi connectivity index (χ2v) is 39.8. The number of ether oxygens (including phenoxy) is 3. The molecule has 780 valence electrons. The summed E-state index contributed by atoms with van der Waals surface area (Å²) in [6.07, 6.45) is 7.89. The number of carbonyl (C=O) groups excluding carboxylic acids is 5.